The van der Waals surface area contributed by atoms with E-state index in [-0.39, 0.29) is 11.8 Å². The summed E-state index contributed by atoms with van der Waals surface area (Å²) in [5.41, 5.74) is 1.85. The first kappa shape index (κ1) is 13.4. The molecule has 0 amide bonds. The van der Waals surface area contributed by atoms with Crippen LogP contribution in [-0.4, -0.2) is 17.6 Å². The summed E-state index contributed by atoms with van der Waals surface area (Å²) in [7, 11) is 0. The fourth-order valence-corrected chi connectivity index (χ4v) is 2.13. The average molecular weight is 263 g/mol. The van der Waals surface area contributed by atoms with Crippen LogP contribution in [0.4, 0.5) is 0 Å². The first-order chi connectivity index (χ1) is 9.01. The Hall–Kier alpha value is -2.04. The van der Waals surface area contributed by atoms with Gasteiger partial charge in [0.15, 0.2) is 0 Å². The maximum atomic E-state index is 10.7. The van der Waals surface area contributed by atoms with Crippen LogP contribution in [0.1, 0.15) is 31.9 Å². The van der Waals surface area contributed by atoms with Gasteiger partial charge in [0.2, 0.25) is 5.70 Å². The molecule has 0 saturated carbocycles. The standard InChI is InChI=1S/C14H17NO4/c1-4-18-13-7-12-6-10(3)19-14(12)8-11(13)5-9(2)15(16)17/h5,7-8,10H,4,6H2,1-3H3/b9-5-. The summed E-state index contributed by atoms with van der Waals surface area (Å²) >= 11 is 0. The molecular formula is C14H17NO4. The van der Waals surface area contributed by atoms with Crippen molar-refractivity contribution >= 4 is 6.08 Å². The van der Waals surface area contributed by atoms with Gasteiger partial charge in [-0.25, -0.2) is 0 Å². The predicted octanol–water partition coefficient (Wildman–Crippen LogP) is 3.05. The van der Waals surface area contributed by atoms with Gasteiger partial charge in [-0.15, -0.1) is 0 Å². The summed E-state index contributed by atoms with van der Waals surface area (Å²) in [5.74, 6) is 1.46. The lowest BCUT2D eigenvalue weighted by molar-refractivity contribution is -0.422. The van der Waals surface area contributed by atoms with Crippen molar-refractivity contribution in [1.82, 2.24) is 0 Å². The molecule has 102 valence electrons. The highest BCUT2D eigenvalue weighted by molar-refractivity contribution is 5.63. The molecule has 1 aliphatic rings. The van der Waals surface area contributed by atoms with Crippen molar-refractivity contribution in [2.75, 3.05) is 6.61 Å². The Morgan fingerprint density at radius 1 is 1.63 bits per heavy atom. The van der Waals surface area contributed by atoms with Crippen LogP contribution in [-0.2, 0) is 6.42 Å². The lowest BCUT2D eigenvalue weighted by atomic mass is 10.1. The smallest absolute Gasteiger partial charge is 0.243 e. The fourth-order valence-electron chi connectivity index (χ4n) is 2.13. The van der Waals surface area contributed by atoms with Gasteiger partial charge in [-0.05, 0) is 26.0 Å². The monoisotopic (exact) mass is 263 g/mol. The summed E-state index contributed by atoms with van der Waals surface area (Å²) in [6.45, 7) is 5.87. The van der Waals surface area contributed by atoms with Gasteiger partial charge in [0.05, 0.1) is 11.5 Å². The number of benzene rings is 1. The third kappa shape index (κ3) is 2.86. The molecule has 0 fully saturated rings. The van der Waals surface area contributed by atoms with E-state index in [0.29, 0.717) is 17.9 Å². The zero-order valence-corrected chi connectivity index (χ0v) is 11.3. The SMILES string of the molecule is CCOc1cc2c(cc1/C=C(/C)[N+](=O)[O-])OC(C)C2. The number of allylic oxidation sites excluding steroid dienone is 1. The molecule has 1 heterocycles. The normalized spacial score (nSPS) is 17.8. The van der Waals surface area contributed by atoms with Gasteiger partial charge in [-0.2, -0.15) is 0 Å². The van der Waals surface area contributed by atoms with E-state index in [1.54, 1.807) is 0 Å². The summed E-state index contributed by atoms with van der Waals surface area (Å²) < 4.78 is 11.2. The second-order valence-corrected chi connectivity index (χ2v) is 4.61. The maximum absolute atomic E-state index is 10.7. The van der Waals surface area contributed by atoms with Crippen LogP contribution in [0.2, 0.25) is 0 Å². The van der Waals surface area contributed by atoms with Crippen molar-refractivity contribution in [1.29, 1.82) is 0 Å². The molecule has 1 aromatic rings. The Balaban J connectivity index is 2.44. The molecule has 0 aromatic heterocycles. The van der Waals surface area contributed by atoms with E-state index in [1.165, 1.54) is 13.0 Å². The molecule has 1 unspecified atom stereocenters. The zero-order chi connectivity index (χ0) is 14.0. The summed E-state index contributed by atoms with van der Waals surface area (Å²) in [6, 6.07) is 3.73. The van der Waals surface area contributed by atoms with Crippen molar-refractivity contribution in [3.8, 4) is 11.5 Å². The number of nitro groups is 1. The Bertz CT molecular complexity index is 536. The molecule has 0 aliphatic carbocycles. The highest BCUT2D eigenvalue weighted by Crippen LogP contribution is 2.36. The maximum Gasteiger partial charge on any atom is 0.243 e. The first-order valence-electron chi connectivity index (χ1n) is 6.30. The number of ether oxygens (including phenoxy) is 2. The van der Waals surface area contributed by atoms with E-state index >= 15 is 0 Å². The Morgan fingerprint density at radius 2 is 2.37 bits per heavy atom. The average Bonchev–Trinajstić information content (AvgIpc) is 2.68. The van der Waals surface area contributed by atoms with Crippen LogP contribution in [0.15, 0.2) is 17.8 Å². The lowest BCUT2D eigenvalue weighted by Gasteiger charge is -2.09. The molecule has 1 atom stereocenters. The second kappa shape index (κ2) is 5.30. The molecule has 0 radical (unpaired) electrons. The van der Waals surface area contributed by atoms with Gasteiger partial charge >= 0.3 is 0 Å². The van der Waals surface area contributed by atoms with E-state index in [4.69, 9.17) is 9.47 Å². The summed E-state index contributed by atoms with van der Waals surface area (Å²) in [6.07, 6.45) is 2.49. The predicted molar refractivity (Wildman–Crippen MR) is 72.1 cm³/mol. The minimum absolute atomic E-state index is 0.0759. The molecule has 5 nitrogen and oxygen atoms in total. The second-order valence-electron chi connectivity index (χ2n) is 4.61. The molecule has 1 aromatic carbocycles. The number of hydrogen-bond donors (Lipinski definition) is 0. The van der Waals surface area contributed by atoms with E-state index < -0.39 is 4.92 Å². The minimum Gasteiger partial charge on any atom is -0.493 e. The fraction of sp³-hybridized carbons (Fsp3) is 0.429. The Morgan fingerprint density at radius 3 is 3.00 bits per heavy atom. The van der Waals surface area contributed by atoms with Crippen molar-refractivity contribution in [3.05, 3.63) is 39.1 Å². The highest BCUT2D eigenvalue weighted by atomic mass is 16.6. The van der Waals surface area contributed by atoms with Crippen LogP contribution >= 0.6 is 0 Å². The topological polar surface area (TPSA) is 61.6 Å². The van der Waals surface area contributed by atoms with Gasteiger partial charge in [-0.1, -0.05) is 0 Å². The van der Waals surface area contributed by atoms with E-state index in [9.17, 15) is 10.1 Å². The van der Waals surface area contributed by atoms with E-state index in [0.717, 1.165) is 17.7 Å². The number of fused-ring (bicyclic) bond motifs is 1. The third-order valence-corrected chi connectivity index (χ3v) is 2.98. The molecule has 1 aliphatic heterocycles. The summed E-state index contributed by atoms with van der Waals surface area (Å²) in [4.78, 5) is 10.3. The Labute approximate surface area is 112 Å². The summed E-state index contributed by atoms with van der Waals surface area (Å²) in [5, 5.41) is 10.7. The molecule has 0 spiro atoms. The minimum atomic E-state index is -0.410. The zero-order valence-electron chi connectivity index (χ0n) is 11.3. The molecule has 2 rings (SSSR count). The van der Waals surface area contributed by atoms with Gasteiger partial charge in [-0.3, -0.25) is 10.1 Å². The van der Waals surface area contributed by atoms with Crippen LogP contribution in [0.25, 0.3) is 6.08 Å². The molecule has 0 N–H and O–H groups in total. The van der Waals surface area contributed by atoms with Crippen LogP contribution in [0, 0.1) is 10.1 Å². The first-order valence-corrected chi connectivity index (χ1v) is 6.30. The van der Waals surface area contributed by atoms with Crippen molar-refractivity contribution in [3.63, 3.8) is 0 Å². The van der Waals surface area contributed by atoms with Gasteiger partial charge < -0.3 is 9.47 Å². The van der Waals surface area contributed by atoms with Crippen LogP contribution in [0.5, 0.6) is 11.5 Å². The van der Waals surface area contributed by atoms with E-state index in [1.807, 2.05) is 26.0 Å². The highest BCUT2D eigenvalue weighted by Gasteiger charge is 2.21. The van der Waals surface area contributed by atoms with Crippen LogP contribution in [0.3, 0.4) is 0 Å². The molecule has 5 heteroatoms. The molecule has 0 bridgehead atoms. The number of rotatable bonds is 4. The van der Waals surface area contributed by atoms with Crippen LogP contribution < -0.4 is 9.47 Å². The largest absolute Gasteiger partial charge is 0.493 e. The van der Waals surface area contributed by atoms with E-state index in [2.05, 4.69) is 0 Å². The van der Waals surface area contributed by atoms with Gasteiger partial charge in [0.1, 0.15) is 17.6 Å². The third-order valence-electron chi connectivity index (χ3n) is 2.98. The number of hydrogen-bond acceptors (Lipinski definition) is 4. The van der Waals surface area contributed by atoms with Gasteiger partial charge in [0.25, 0.3) is 0 Å². The van der Waals surface area contributed by atoms with Gasteiger partial charge in [0, 0.05) is 30.5 Å². The van der Waals surface area contributed by atoms with Crippen molar-refractivity contribution in [2.45, 2.75) is 33.3 Å². The molecular weight excluding hydrogens is 246 g/mol. The Kier molecular flexibility index (Phi) is 3.74. The number of nitrogens with zero attached hydrogens (tertiary/aromatic N) is 1. The van der Waals surface area contributed by atoms with Crippen molar-refractivity contribution in [2.24, 2.45) is 0 Å². The lowest BCUT2D eigenvalue weighted by Crippen LogP contribution is -2.05. The molecule has 19 heavy (non-hydrogen) atoms. The molecule has 0 saturated heterocycles. The quantitative estimate of drug-likeness (QED) is 0.618. The van der Waals surface area contributed by atoms with Crippen molar-refractivity contribution < 1.29 is 14.4 Å².